The molecule has 0 radical (unpaired) electrons. The van der Waals surface area contributed by atoms with Crippen molar-refractivity contribution in [3.8, 4) is 0 Å². The number of rotatable bonds is 2. The quantitative estimate of drug-likeness (QED) is 0.544. The highest BCUT2D eigenvalue weighted by Crippen LogP contribution is 2.29. The smallest absolute Gasteiger partial charge is 0.185 e. The van der Waals surface area contributed by atoms with Gasteiger partial charge in [-0.05, 0) is 60.4 Å². The zero-order chi connectivity index (χ0) is 15.5. The predicted octanol–water partition coefficient (Wildman–Crippen LogP) is 6.04. The van der Waals surface area contributed by atoms with E-state index < -0.39 is 0 Å². The van der Waals surface area contributed by atoms with E-state index in [-0.39, 0.29) is 5.78 Å². The van der Waals surface area contributed by atoms with Crippen molar-refractivity contribution in [3.05, 3.63) is 79.7 Å². The lowest BCUT2D eigenvalue weighted by Gasteiger charge is -1.98. The maximum absolute atomic E-state index is 12.5. The van der Waals surface area contributed by atoms with E-state index in [4.69, 9.17) is 0 Å². The van der Waals surface area contributed by atoms with Crippen molar-refractivity contribution in [3.63, 3.8) is 0 Å². The SMILES string of the molecule is O=C1C(=Cc2ccc(Br)cc2)CCC1=Cc1ccc(Br)cc1. The molecule has 1 aliphatic rings. The number of Topliss-reactive ketones (excluding diaryl/α,β-unsaturated/α-hetero) is 1. The van der Waals surface area contributed by atoms with E-state index in [0.29, 0.717) is 0 Å². The topological polar surface area (TPSA) is 17.1 Å². The minimum atomic E-state index is 0.172. The highest BCUT2D eigenvalue weighted by Gasteiger charge is 2.22. The summed E-state index contributed by atoms with van der Waals surface area (Å²) in [5, 5.41) is 0. The van der Waals surface area contributed by atoms with Crippen LogP contribution >= 0.6 is 31.9 Å². The molecule has 3 rings (SSSR count). The predicted molar refractivity (Wildman–Crippen MR) is 98.5 cm³/mol. The van der Waals surface area contributed by atoms with Gasteiger partial charge in [0, 0.05) is 20.1 Å². The van der Waals surface area contributed by atoms with Gasteiger partial charge in [0.05, 0.1) is 0 Å². The second kappa shape index (κ2) is 6.76. The summed E-state index contributed by atoms with van der Waals surface area (Å²) in [6.45, 7) is 0. The van der Waals surface area contributed by atoms with Crippen molar-refractivity contribution in [1.29, 1.82) is 0 Å². The summed E-state index contributed by atoms with van der Waals surface area (Å²) in [5.41, 5.74) is 3.92. The Morgan fingerprint density at radius 1 is 0.682 bits per heavy atom. The second-order valence-electron chi connectivity index (χ2n) is 5.27. The Bertz CT molecular complexity index is 688. The summed E-state index contributed by atoms with van der Waals surface area (Å²) in [4.78, 5) is 12.5. The van der Waals surface area contributed by atoms with Gasteiger partial charge in [0.2, 0.25) is 0 Å². The average molecular weight is 418 g/mol. The molecule has 0 bridgehead atoms. The molecule has 0 amide bonds. The van der Waals surface area contributed by atoms with E-state index in [2.05, 4.69) is 31.9 Å². The number of hydrogen-bond acceptors (Lipinski definition) is 1. The molecule has 1 aliphatic carbocycles. The van der Waals surface area contributed by atoms with Gasteiger partial charge in [0.25, 0.3) is 0 Å². The van der Waals surface area contributed by atoms with Gasteiger partial charge < -0.3 is 0 Å². The van der Waals surface area contributed by atoms with Crippen molar-refractivity contribution >= 4 is 49.8 Å². The number of carbonyl (C=O) groups is 1. The van der Waals surface area contributed by atoms with Gasteiger partial charge in [0.15, 0.2) is 5.78 Å². The highest BCUT2D eigenvalue weighted by molar-refractivity contribution is 9.10. The maximum Gasteiger partial charge on any atom is 0.185 e. The van der Waals surface area contributed by atoms with Gasteiger partial charge in [-0.1, -0.05) is 56.1 Å². The lowest BCUT2D eigenvalue weighted by Crippen LogP contribution is -1.95. The van der Waals surface area contributed by atoms with Crippen LogP contribution in [0.15, 0.2) is 68.6 Å². The van der Waals surface area contributed by atoms with Crippen LogP contribution in [0.3, 0.4) is 0 Å². The first-order valence-electron chi connectivity index (χ1n) is 7.09. The molecule has 2 aromatic rings. The molecule has 1 nitrogen and oxygen atoms in total. The van der Waals surface area contributed by atoms with Gasteiger partial charge in [-0.2, -0.15) is 0 Å². The van der Waals surface area contributed by atoms with Crippen molar-refractivity contribution < 1.29 is 4.79 Å². The van der Waals surface area contributed by atoms with Crippen LogP contribution in [0.2, 0.25) is 0 Å². The molecule has 0 N–H and O–H groups in total. The number of hydrogen-bond donors (Lipinski definition) is 0. The number of halogens is 2. The average Bonchev–Trinajstić information content (AvgIpc) is 2.85. The normalized spacial score (nSPS) is 18.4. The third-order valence-electron chi connectivity index (χ3n) is 3.67. The summed E-state index contributed by atoms with van der Waals surface area (Å²) in [5.74, 6) is 0.172. The van der Waals surface area contributed by atoms with Crippen LogP contribution in [-0.4, -0.2) is 5.78 Å². The fourth-order valence-corrected chi connectivity index (χ4v) is 3.03. The van der Waals surface area contributed by atoms with Crippen molar-refractivity contribution in [2.75, 3.05) is 0 Å². The summed E-state index contributed by atoms with van der Waals surface area (Å²) >= 11 is 6.84. The molecule has 0 aliphatic heterocycles. The molecule has 110 valence electrons. The Morgan fingerprint density at radius 3 is 1.41 bits per heavy atom. The highest BCUT2D eigenvalue weighted by atomic mass is 79.9. The minimum absolute atomic E-state index is 0.172. The van der Waals surface area contributed by atoms with Gasteiger partial charge in [-0.25, -0.2) is 0 Å². The molecule has 0 aromatic heterocycles. The van der Waals surface area contributed by atoms with E-state index in [1.807, 2.05) is 60.7 Å². The molecule has 1 saturated carbocycles. The first kappa shape index (κ1) is 15.4. The van der Waals surface area contributed by atoms with Crippen molar-refractivity contribution in [2.45, 2.75) is 12.8 Å². The Kier molecular flexibility index (Phi) is 4.74. The molecule has 0 unspecified atom stereocenters. The summed E-state index contributed by atoms with van der Waals surface area (Å²) in [6, 6.07) is 16.0. The fourth-order valence-electron chi connectivity index (χ4n) is 2.50. The first-order valence-corrected chi connectivity index (χ1v) is 8.67. The van der Waals surface area contributed by atoms with Crippen LogP contribution in [-0.2, 0) is 4.79 Å². The van der Waals surface area contributed by atoms with E-state index in [1.165, 1.54) is 0 Å². The van der Waals surface area contributed by atoms with Crippen LogP contribution in [0.25, 0.3) is 12.2 Å². The van der Waals surface area contributed by atoms with Crippen LogP contribution in [0.4, 0.5) is 0 Å². The third-order valence-corrected chi connectivity index (χ3v) is 4.73. The third kappa shape index (κ3) is 3.65. The van der Waals surface area contributed by atoms with Crippen LogP contribution in [0.5, 0.6) is 0 Å². The Labute approximate surface area is 147 Å². The van der Waals surface area contributed by atoms with E-state index in [1.54, 1.807) is 0 Å². The largest absolute Gasteiger partial charge is 0.289 e. The van der Waals surface area contributed by atoms with Crippen LogP contribution in [0, 0.1) is 0 Å². The molecular formula is C19H14Br2O. The molecule has 2 aromatic carbocycles. The number of benzene rings is 2. The molecule has 22 heavy (non-hydrogen) atoms. The van der Waals surface area contributed by atoms with E-state index in [0.717, 1.165) is 44.1 Å². The number of ketones is 1. The lowest BCUT2D eigenvalue weighted by atomic mass is 10.1. The summed E-state index contributed by atoms with van der Waals surface area (Å²) in [6.07, 6.45) is 5.63. The second-order valence-corrected chi connectivity index (χ2v) is 7.10. The summed E-state index contributed by atoms with van der Waals surface area (Å²) < 4.78 is 2.09. The van der Waals surface area contributed by atoms with Crippen molar-refractivity contribution in [1.82, 2.24) is 0 Å². The monoisotopic (exact) mass is 416 g/mol. The van der Waals surface area contributed by atoms with Gasteiger partial charge in [0.1, 0.15) is 0 Å². The van der Waals surface area contributed by atoms with Crippen molar-refractivity contribution in [2.24, 2.45) is 0 Å². The fraction of sp³-hybridized carbons (Fsp3) is 0.105. The van der Waals surface area contributed by atoms with E-state index >= 15 is 0 Å². The van der Waals surface area contributed by atoms with E-state index in [9.17, 15) is 4.79 Å². The zero-order valence-electron chi connectivity index (χ0n) is 11.9. The Balaban J connectivity index is 1.82. The number of carbonyl (C=O) groups excluding carboxylic acids is 1. The molecule has 0 saturated heterocycles. The maximum atomic E-state index is 12.5. The van der Waals surface area contributed by atoms with Crippen LogP contribution < -0.4 is 0 Å². The molecule has 1 fully saturated rings. The Hall–Kier alpha value is -1.45. The van der Waals surface area contributed by atoms with Gasteiger partial charge >= 0.3 is 0 Å². The molecular weight excluding hydrogens is 404 g/mol. The lowest BCUT2D eigenvalue weighted by molar-refractivity contribution is -0.111. The Morgan fingerprint density at radius 2 is 1.05 bits per heavy atom. The number of allylic oxidation sites excluding steroid dienone is 2. The molecule has 3 heteroatoms. The molecule has 0 atom stereocenters. The standard InChI is InChI=1S/C19H14Br2O/c20-17-7-1-13(2-8-17)11-15-5-6-16(19(15)22)12-14-3-9-18(21)10-4-14/h1-4,7-12H,5-6H2. The van der Waals surface area contributed by atoms with Crippen LogP contribution in [0.1, 0.15) is 24.0 Å². The minimum Gasteiger partial charge on any atom is -0.289 e. The first-order chi connectivity index (χ1) is 10.6. The summed E-state index contributed by atoms with van der Waals surface area (Å²) in [7, 11) is 0. The molecule has 0 heterocycles. The van der Waals surface area contributed by atoms with Gasteiger partial charge in [-0.15, -0.1) is 0 Å². The zero-order valence-corrected chi connectivity index (χ0v) is 15.0. The molecule has 0 spiro atoms. The van der Waals surface area contributed by atoms with Gasteiger partial charge in [-0.3, -0.25) is 4.79 Å².